The van der Waals surface area contributed by atoms with Gasteiger partial charge in [-0.1, -0.05) is 0 Å². The summed E-state index contributed by atoms with van der Waals surface area (Å²) in [4.78, 5) is 25.3. The molecule has 1 saturated carbocycles. The highest BCUT2D eigenvalue weighted by atomic mass is 16.6. The van der Waals surface area contributed by atoms with Gasteiger partial charge in [-0.3, -0.25) is 14.9 Å². The minimum absolute atomic E-state index is 0.0379. The van der Waals surface area contributed by atoms with Crippen molar-refractivity contribution in [3.8, 4) is 0 Å². The maximum Gasteiger partial charge on any atom is 0.293 e. The van der Waals surface area contributed by atoms with Gasteiger partial charge in [-0.05, 0) is 50.9 Å². The average molecular weight is 318 g/mol. The first kappa shape index (κ1) is 15.7. The van der Waals surface area contributed by atoms with Gasteiger partial charge >= 0.3 is 0 Å². The van der Waals surface area contributed by atoms with Crippen molar-refractivity contribution in [2.45, 2.75) is 31.7 Å². The Balaban J connectivity index is 1.60. The van der Waals surface area contributed by atoms with Gasteiger partial charge in [-0.15, -0.1) is 0 Å². The number of benzene rings is 1. The lowest BCUT2D eigenvalue weighted by Crippen LogP contribution is -2.33. The quantitative estimate of drug-likeness (QED) is 0.593. The maximum absolute atomic E-state index is 12.2. The SMILES string of the molecule is O=C(NCCN1CCCC1)c1ccc(NC2CC2)c([N+](=O)[O-])c1. The minimum Gasteiger partial charge on any atom is -0.377 e. The second-order valence-electron chi connectivity index (χ2n) is 6.21. The highest BCUT2D eigenvalue weighted by Gasteiger charge is 2.25. The van der Waals surface area contributed by atoms with Gasteiger partial charge in [-0.2, -0.15) is 0 Å². The van der Waals surface area contributed by atoms with E-state index in [1.165, 1.54) is 18.9 Å². The molecule has 1 aromatic carbocycles. The van der Waals surface area contributed by atoms with Gasteiger partial charge in [-0.25, -0.2) is 0 Å². The molecule has 1 aliphatic carbocycles. The van der Waals surface area contributed by atoms with Gasteiger partial charge in [0.05, 0.1) is 4.92 Å². The van der Waals surface area contributed by atoms with Crippen molar-refractivity contribution in [3.05, 3.63) is 33.9 Å². The van der Waals surface area contributed by atoms with E-state index in [4.69, 9.17) is 0 Å². The molecule has 1 aromatic rings. The van der Waals surface area contributed by atoms with Crippen LogP contribution in [0.25, 0.3) is 0 Å². The Labute approximate surface area is 135 Å². The number of nitrogens with zero attached hydrogens (tertiary/aromatic N) is 2. The maximum atomic E-state index is 12.2. The minimum atomic E-state index is -0.439. The zero-order valence-corrected chi connectivity index (χ0v) is 13.1. The second-order valence-corrected chi connectivity index (χ2v) is 6.21. The standard InChI is InChI=1S/C16H22N4O3/c21-16(17-7-10-19-8-1-2-9-19)12-3-6-14(18-13-4-5-13)15(11-12)20(22)23/h3,6,11,13,18H,1-2,4-5,7-10H2,(H,17,21). The molecule has 1 saturated heterocycles. The van der Waals surface area contributed by atoms with E-state index < -0.39 is 4.92 Å². The predicted molar refractivity (Wildman–Crippen MR) is 87.7 cm³/mol. The number of hydrogen-bond acceptors (Lipinski definition) is 5. The molecule has 0 unspecified atom stereocenters. The predicted octanol–water partition coefficient (Wildman–Crippen LogP) is 1.99. The van der Waals surface area contributed by atoms with E-state index in [9.17, 15) is 14.9 Å². The fourth-order valence-corrected chi connectivity index (χ4v) is 2.83. The monoisotopic (exact) mass is 318 g/mol. The van der Waals surface area contributed by atoms with Crippen LogP contribution in [0.1, 0.15) is 36.0 Å². The van der Waals surface area contributed by atoms with Crippen molar-refractivity contribution in [1.82, 2.24) is 10.2 Å². The summed E-state index contributed by atoms with van der Waals surface area (Å²) in [5.41, 5.74) is 0.787. The summed E-state index contributed by atoms with van der Waals surface area (Å²) < 4.78 is 0. The summed E-state index contributed by atoms with van der Waals surface area (Å²) in [6.07, 6.45) is 4.51. The number of carbonyl (C=O) groups is 1. The Morgan fingerprint density at radius 3 is 2.70 bits per heavy atom. The molecule has 0 bridgehead atoms. The number of nitro benzene ring substituents is 1. The number of rotatable bonds is 7. The molecule has 0 atom stereocenters. The summed E-state index contributed by atoms with van der Waals surface area (Å²) in [6, 6.07) is 4.96. The molecular formula is C16H22N4O3. The molecule has 23 heavy (non-hydrogen) atoms. The molecule has 3 rings (SSSR count). The van der Waals surface area contributed by atoms with Crippen molar-refractivity contribution in [2.24, 2.45) is 0 Å². The van der Waals surface area contributed by atoms with E-state index in [0.717, 1.165) is 32.5 Å². The number of nitrogens with one attached hydrogen (secondary N) is 2. The van der Waals surface area contributed by atoms with Crippen LogP contribution in [0, 0.1) is 10.1 Å². The van der Waals surface area contributed by atoms with Crippen molar-refractivity contribution in [1.29, 1.82) is 0 Å². The number of nitro groups is 1. The number of carbonyl (C=O) groups excluding carboxylic acids is 1. The number of likely N-dealkylation sites (tertiary alicyclic amines) is 1. The van der Waals surface area contributed by atoms with E-state index in [1.54, 1.807) is 12.1 Å². The van der Waals surface area contributed by atoms with E-state index in [0.29, 0.717) is 23.8 Å². The van der Waals surface area contributed by atoms with Crippen LogP contribution >= 0.6 is 0 Å². The first-order chi connectivity index (χ1) is 11.1. The molecule has 2 fully saturated rings. The van der Waals surface area contributed by atoms with Crippen LogP contribution in [-0.4, -0.2) is 48.0 Å². The van der Waals surface area contributed by atoms with E-state index in [1.807, 2.05) is 0 Å². The third kappa shape index (κ3) is 4.19. The van der Waals surface area contributed by atoms with Crippen LogP contribution in [0.5, 0.6) is 0 Å². The summed E-state index contributed by atoms with van der Waals surface area (Å²) in [7, 11) is 0. The number of amides is 1. The van der Waals surface area contributed by atoms with Gasteiger partial charge < -0.3 is 15.5 Å². The fourth-order valence-electron chi connectivity index (χ4n) is 2.83. The topological polar surface area (TPSA) is 87.5 Å². The number of hydrogen-bond donors (Lipinski definition) is 2. The van der Waals surface area contributed by atoms with Gasteiger partial charge in [0.25, 0.3) is 11.6 Å². The van der Waals surface area contributed by atoms with Crippen molar-refractivity contribution in [2.75, 3.05) is 31.5 Å². The lowest BCUT2D eigenvalue weighted by atomic mass is 10.1. The number of anilines is 1. The molecule has 7 nitrogen and oxygen atoms in total. The van der Waals surface area contributed by atoms with Crippen molar-refractivity contribution in [3.63, 3.8) is 0 Å². The molecule has 2 N–H and O–H groups in total. The summed E-state index contributed by atoms with van der Waals surface area (Å²) >= 11 is 0. The van der Waals surface area contributed by atoms with Crippen LogP contribution in [0.2, 0.25) is 0 Å². The smallest absolute Gasteiger partial charge is 0.293 e. The first-order valence-electron chi connectivity index (χ1n) is 8.19. The Morgan fingerprint density at radius 1 is 1.30 bits per heavy atom. The molecule has 124 valence electrons. The van der Waals surface area contributed by atoms with Crippen molar-refractivity contribution >= 4 is 17.3 Å². The zero-order chi connectivity index (χ0) is 16.2. The molecule has 0 aromatic heterocycles. The zero-order valence-electron chi connectivity index (χ0n) is 13.1. The molecule has 0 spiro atoms. The summed E-state index contributed by atoms with van der Waals surface area (Å²) in [6.45, 7) is 3.57. The highest BCUT2D eigenvalue weighted by Crippen LogP contribution is 2.31. The lowest BCUT2D eigenvalue weighted by molar-refractivity contribution is -0.384. The second kappa shape index (κ2) is 6.95. The van der Waals surface area contributed by atoms with Crippen LogP contribution in [0.15, 0.2) is 18.2 Å². The van der Waals surface area contributed by atoms with Gasteiger partial charge in [0.15, 0.2) is 0 Å². The molecule has 1 aliphatic heterocycles. The highest BCUT2D eigenvalue weighted by molar-refractivity contribution is 5.95. The lowest BCUT2D eigenvalue weighted by Gasteiger charge is -2.14. The van der Waals surface area contributed by atoms with Crippen molar-refractivity contribution < 1.29 is 9.72 Å². The summed E-state index contributed by atoms with van der Waals surface area (Å²) in [5, 5.41) is 17.2. The first-order valence-corrected chi connectivity index (χ1v) is 8.19. The molecule has 7 heteroatoms. The average Bonchev–Trinajstić information content (AvgIpc) is 3.20. The molecule has 1 heterocycles. The van der Waals surface area contributed by atoms with Gasteiger partial charge in [0.1, 0.15) is 5.69 Å². The Hall–Kier alpha value is -2.15. The molecule has 2 aliphatic rings. The van der Waals surface area contributed by atoms with E-state index >= 15 is 0 Å². The third-order valence-corrected chi connectivity index (χ3v) is 4.31. The van der Waals surface area contributed by atoms with Crippen LogP contribution in [0.4, 0.5) is 11.4 Å². The van der Waals surface area contributed by atoms with E-state index in [-0.39, 0.29) is 11.6 Å². The molecule has 1 amide bonds. The van der Waals surface area contributed by atoms with Crippen LogP contribution in [-0.2, 0) is 0 Å². The van der Waals surface area contributed by atoms with E-state index in [2.05, 4.69) is 15.5 Å². The molecular weight excluding hydrogens is 296 g/mol. The van der Waals surface area contributed by atoms with Crippen LogP contribution in [0.3, 0.4) is 0 Å². The Kier molecular flexibility index (Phi) is 4.76. The Bertz CT molecular complexity index is 595. The normalized spacial score (nSPS) is 17.9. The molecule has 0 radical (unpaired) electrons. The van der Waals surface area contributed by atoms with Gasteiger partial charge in [0, 0.05) is 30.8 Å². The van der Waals surface area contributed by atoms with Gasteiger partial charge in [0.2, 0.25) is 0 Å². The van der Waals surface area contributed by atoms with Crippen LogP contribution < -0.4 is 10.6 Å². The fraction of sp³-hybridized carbons (Fsp3) is 0.562. The largest absolute Gasteiger partial charge is 0.377 e. The third-order valence-electron chi connectivity index (χ3n) is 4.31. The summed E-state index contributed by atoms with van der Waals surface area (Å²) in [5.74, 6) is -0.259. The Morgan fingerprint density at radius 2 is 2.04 bits per heavy atom.